The van der Waals surface area contributed by atoms with E-state index in [1.54, 1.807) is 6.20 Å². The van der Waals surface area contributed by atoms with Crippen molar-refractivity contribution < 1.29 is 19.7 Å². The van der Waals surface area contributed by atoms with E-state index in [9.17, 15) is 15.0 Å². The summed E-state index contributed by atoms with van der Waals surface area (Å²) in [6.07, 6.45) is 4.88. The third-order valence-electron chi connectivity index (χ3n) is 5.80. The zero-order valence-corrected chi connectivity index (χ0v) is 16.0. The Labute approximate surface area is 160 Å². The van der Waals surface area contributed by atoms with E-state index in [0.29, 0.717) is 13.1 Å². The second kappa shape index (κ2) is 9.59. The fourth-order valence-corrected chi connectivity index (χ4v) is 4.21. The van der Waals surface area contributed by atoms with Crippen molar-refractivity contribution in [3.8, 4) is 0 Å². The molecule has 1 saturated carbocycles. The number of aliphatic hydroxyl groups is 2. The highest BCUT2D eigenvalue weighted by molar-refractivity contribution is 5.78. The van der Waals surface area contributed by atoms with Crippen LogP contribution in [0.5, 0.6) is 0 Å². The third kappa shape index (κ3) is 5.04. The Morgan fingerprint density at radius 1 is 1.33 bits per heavy atom. The molecule has 2 heterocycles. The minimum Gasteiger partial charge on any atom is -0.394 e. The summed E-state index contributed by atoms with van der Waals surface area (Å²) in [5.74, 6) is 0.179. The molecule has 1 saturated heterocycles. The fourth-order valence-electron chi connectivity index (χ4n) is 4.21. The van der Waals surface area contributed by atoms with Crippen LogP contribution < -0.4 is 5.32 Å². The van der Waals surface area contributed by atoms with Crippen LogP contribution in [0.25, 0.3) is 0 Å². The van der Waals surface area contributed by atoms with E-state index < -0.39 is 12.2 Å². The van der Waals surface area contributed by atoms with Gasteiger partial charge in [-0.25, -0.2) is 0 Å². The third-order valence-corrected chi connectivity index (χ3v) is 5.80. The molecular formula is C20H31N3O4. The second-order valence-corrected chi connectivity index (χ2v) is 7.65. The number of hydrogen-bond donors (Lipinski definition) is 3. The van der Waals surface area contributed by atoms with Crippen LogP contribution in [0.4, 0.5) is 0 Å². The number of rotatable bonds is 8. The standard InChI is InChI=1S/C20H31N3O4/c1-23(11-9-15-8-4-5-10-21-15)18-16(27-17(13-24)19(18)25)12-22-20(26)14-6-2-3-7-14/h4-5,8,10,14,16-19,24-25H,2-3,6-7,9,11-13H2,1H3,(H,22,26)/t16-,17+,18-,19-/m1/s1. The first-order chi connectivity index (χ1) is 13.1. The lowest BCUT2D eigenvalue weighted by atomic mass is 10.0. The van der Waals surface area contributed by atoms with Gasteiger partial charge in [0, 0.05) is 37.3 Å². The minimum absolute atomic E-state index is 0.0768. The maximum absolute atomic E-state index is 12.3. The molecule has 27 heavy (non-hydrogen) atoms. The molecule has 4 atom stereocenters. The molecule has 2 fully saturated rings. The molecule has 0 radical (unpaired) electrons. The summed E-state index contributed by atoms with van der Waals surface area (Å²) in [4.78, 5) is 18.7. The van der Waals surface area contributed by atoms with Crippen molar-refractivity contribution in [1.29, 1.82) is 0 Å². The quantitative estimate of drug-likeness (QED) is 0.605. The zero-order chi connectivity index (χ0) is 19.2. The molecule has 1 aromatic rings. The molecule has 0 spiro atoms. The van der Waals surface area contributed by atoms with E-state index in [0.717, 1.165) is 37.8 Å². The number of amides is 1. The topological polar surface area (TPSA) is 94.9 Å². The first-order valence-electron chi connectivity index (χ1n) is 9.92. The maximum Gasteiger partial charge on any atom is 0.223 e. The van der Waals surface area contributed by atoms with Gasteiger partial charge in [0.05, 0.1) is 18.8 Å². The Balaban J connectivity index is 1.57. The maximum atomic E-state index is 12.3. The Hall–Kier alpha value is -1.54. The van der Waals surface area contributed by atoms with Crippen molar-refractivity contribution in [2.24, 2.45) is 5.92 Å². The van der Waals surface area contributed by atoms with Crippen LogP contribution in [-0.2, 0) is 16.0 Å². The number of aromatic nitrogens is 1. The van der Waals surface area contributed by atoms with Gasteiger partial charge in [0.1, 0.15) is 12.2 Å². The van der Waals surface area contributed by atoms with Crippen LogP contribution >= 0.6 is 0 Å². The van der Waals surface area contributed by atoms with Gasteiger partial charge in [-0.3, -0.25) is 14.7 Å². The van der Waals surface area contributed by atoms with Gasteiger partial charge in [0.25, 0.3) is 0 Å². The van der Waals surface area contributed by atoms with E-state index in [1.807, 2.05) is 30.1 Å². The lowest BCUT2D eigenvalue weighted by molar-refractivity contribution is -0.125. The molecule has 3 N–H and O–H groups in total. The molecule has 0 unspecified atom stereocenters. The predicted octanol–water partition coefficient (Wildman–Crippen LogP) is 0.352. The smallest absolute Gasteiger partial charge is 0.223 e. The van der Waals surface area contributed by atoms with E-state index in [-0.39, 0.29) is 30.6 Å². The fraction of sp³-hybridized carbons (Fsp3) is 0.700. The average Bonchev–Trinajstić information content (AvgIpc) is 3.33. The van der Waals surface area contributed by atoms with Crippen LogP contribution in [0.1, 0.15) is 31.4 Å². The average molecular weight is 377 g/mol. The number of aliphatic hydroxyl groups excluding tert-OH is 2. The van der Waals surface area contributed by atoms with Gasteiger partial charge in [-0.1, -0.05) is 18.9 Å². The molecule has 1 amide bonds. The SMILES string of the molecule is CN(CCc1ccccn1)[C@H]1[C@H](O)[C@H](CO)O[C@@H]1CNC(=O)C1CCCC1. The van der Waals surface area contributed by atoms with Gasteiger partial charge in [-0.2, -0.15) is 0 Å². The van der Waals surface area contributed by atoms with Crippen LogP contribution in [0.3, 0.4) is 0 Å². The lowest BCUT2D eigenvalue weighted by Gasteiger charge is -2.30. The van der Waals surface area contributed by atoms with Crippen molar-refractivity contribution >= 4 is 5.91 Å². The number of likely N-dealkylation sites (N-methyl/N-ethyl adjacent to an activating group) is 1. The number of carbonyl (C=O) groups excluding carboxylic acids is 1. The van der Waals surface area contributed by atoms with Crippen molar-refractivity contribution in [2.45, 2.75) is 56.5 Å². The predicted molar refractivity (Wildman–Crippen MR) is 101 cm³/mol. The van der Waals surface area contributed by atoms with Gasteiger partial charge in [0.2, 0.25) is 5.91 Å². The van der Waals surface area contributed by atoms with E-state index in [2.05, 4.69) is 10.3 Å². The van der Waals surface area contributed by atoms with Gasteiger partial charge in [0.15, 0.2) is 0 Å². The Morgan fingerprint density at radius 2 is 2.11 bits per heavy atom. The molecule has 1 aromatic heterocycles. The zero-order valence-electron chi connectivity index (χ0n) is 16.0. The van der Waals surface area contributed by atoms with Gasteiger partial charge < -0.3 is 20.3 Å². The number of nitrogens with one attached hydrogen (secondary N) is 1. The summed E-state index contributed by atoms with van der Waals surface area (Å²) in [5.41, 5.74) is 0.988. The van der Waals surface area contributed by atoms with E-state index in [4.69, 9.17) is 4.74 Å². The molecule has 1 aliphatic carbocycles. The second-order valence-electron chi connectivity index (χ2n) is 7.65. The Kier molecular flexibility index (Phi) is 7.18. The molecule has 7 heteroatoms. The molecule has 3 rings (SSSR count). The van der Waals surface area contributed by atoms with Crippen molar-refractivity contribution in [2.75, 3.05) is 26.7 Å². The summed E-state index contributed by atoms with van der Waals surface area (Å²) >= 11 is 0. The number of nitrogens with zero attached hydrogens (tertiary/aromatic N) is 2. The highest BCUT2D eigenvalue weighted by Gasteiger charge is 2.45. The Bertz CT molecular complexity index is 594. The molecule has 7 nitrogen and oxygen atoms in total. The first kappa shape index (κ1) is 20.2. The minimum atomic E-state index is -0.794. The first-order valence-corrected chi connectivity index (χ1v) is 9.92. The number of ether oxygens (including phenoxy) is 1. The molecule has 2 aliphatic rings. The molecule has 1 aliphatic heterocycles. The monoisotopic (exact) mass is 377 g/mol. The molecule has 0 aromatic carbocycles. The summed E-state index contributed by atoms with van der Waals surface area (Å²) in [5, 5.41) is 23.1. The van der Waals surface area contributed by atoms with Crippen molar-refractivity contribution in [3.63, 3.8) is 0 Å². The van der Waals surface area contributed by atoms with Crippen LogP contribution in [0.15, 0.2) is 24.4 Å². The highest BCUT2D eigenvalue weighted by Crippen LogP contribution is 2.27. The van der Waals surface area contributed by atoms with Crippen LogP contribution in [0, 0.1) is 5.92 Å². The summed E-state index contributed by atoms with van der Waals surface area (Å²) in [6.45, 7) is 0.813. The summed E-state index contributed by atoms with van der Waals surface area (Å²) < 4.78 is 5.85. The summed E-state index contributed by atoms with van der Waals surface area (Å²) in [7, 11) is 1.94. The number of pyridine rings is 1. The van der Waals surface area contributed by atoms with Gasteiger partial charge in [-0.05, 0) is 32.0 Å². The van der Waals surface area contributed by atoms with Gasteiger partial charge >= 0.3 is 0 Å². The van der Waals surface area contributed by atoms with E-state index in [1.165, 1.54) is 0 Å². The molecule has 150 valence electrons. The largest absolute Gasteiger partial charge is 0.394 e. The number of hydrogen-bond acceptors (Lipinski definition) is 6. The van der Waals surface area contributed by atoms with E-state index >= 15 is 0 Å². The van der Waals surface area contributed by atoms with Gasteiger partial charge in [-0.15, -0.1) is 0 Å². The highest BCUT2D eigenvalue weighted by atomic mass is 16.5. The van der Waals surface area contributed by atoms with Crippen molar-refractivity contribution in [3.05, 3.63) is 30.1 Å². The Morgan fingerprint density at radius 3 is 2.78 bits per heavy atom. The van der Waals surface area contributed by atoms with Crippen LogP contribution in [0.2, 0.25) is 0 Å². The lowest BCUT2D eigenvalue weighted by Crippen LogP contribution is -2.50. The van der Waals surface area contributed by atoms with Crippen LogP contribution in [-0.4, -0.2) is 77.1 Å². The van der Waals surface area contributed by atoms with Crippen molar-refractivity contribution in [1.82, 2.24) is 15.2 Å². The molecular weight excluding hydrogens is 346 g/mol. The summed E-state index contributed by atoms with van der Waals surface area (Å²) in [6, 6.07) is 5.54. The normalized spacial score (nSPS) is 28.7. The number of carbonyl (C=O) groups is 1. The molecule has 0 bridgehead atoms.